The van der Waals surface area contributed by atoms with E-state index in [1.54, 1.807) is 7.11 Å². The second-order valence-corrected chi connectivity index (χ2v) is 15.7. The molecule has 0 bridgehead atoms. The molecule has 0 aliphatic rings. The zero-order valence-corrected chi connectivity index (χ0v) is 35.7. The molecule has 1 aromatic carbocycles. The lowest BCUT2D eigenvalue weighted by atomic mass is 9.59. The van der Waals surface area contributed by atoms with Gasteiger partial charge in [-0.3, -0.25) is 4.79 Å². The average Bonchev–Trinajstić information content (AvgIpc) is 3.13. The lowest BCUT2D eigenvalue weighted by Crippen LogP contribution is -2.57. The smallest absolute Gasteiger partial charge is 0.314 e. The van der Waals surface area contributed by atoms with Gasteiger partial charge < -0.3 is 10.5 Å². The lowest BCUT2D eigenvalue weighted by molar-refractivity contribution is -0.160. The fraction of sp³-hybridized carbons (Fsp3) is 0.848. The van der Waals surface area contributed by atoms with Crippen LogP contribution in [0.3, 0.4) is 0 Å². The number of carbonyl (C=O) groups is 1. The Hall–Kier alpha value is -0.870. The number of benzene rings is 1. The van der Waals surface area contributed by atoms with E-state index < -0.39 is 11.0 Å². The van der Waals surface area contributed by atoms with Crippen molar-refractivity contribution in [2.24, 2.45) is 11.1 Å². The number of esters is 1. The van der Waals surface area contributed by atoms with Gasteiger partial charge in [0.25, 0.3) is 0 Å². The summed E-state index contributed by atoms with van der Waals surface area (Å²) in [5, 5.41) is 0. The number of carbonyl (C=O) groups excluding carboxylic acids is 1. The van der Waals surface area contributed by atoms with Crippen LogP contribution in [0, 0.1) is 5.41 Å². The normalized spacial score (nSPS) is 12.8. The molecule has 0 amide bonds. The Morgan fingerprint density at radius 1 is 0.480 bits per heavy atom. The average molecular weight is 765 g/mol. The third-order valence-electron chi connectivity index (χ3n) is 11.6. The number of nitrogens with two attached hydrogens (primary N) is 1. The number of methoxy groups -OCH3 is 1. The largest absolute Gasteiger partial charge is 0.469 e. The van der Waals surface area contributed by atoms with Crippen molar-refractivity contribution >= 4 is 23.0 Å². The summed E-state index contributed by atoms with van der Waals surface area (Å²) < 4.78 is 5.75. The van der Waals surface area contributed by atoms with E-state index >= 15 is 0 Å². The highest BCUT2D eigenvalue weighted by molar-refractivity contribution is 8.93. The molecule has 1 rings (SSSR count). The van der Waals surface area contributed by atoms with Crippen molar-refractivity contribution < 1.29 is 9.53 Å². The molecule has 0 radical (unpaired) electrons. The first-order valence-electron chi connectivity index (χ1n) is 21.9. The Bertz CT molecular complexity index is 837. The quantitative estimate of drug-likeness (QED) is 0.0547. The van der Waals surface area contributed by atoms with E-state index in [0.717, 1.165) is 44.1 Å². The van der Waals surface area contributed by atoms with Gasteiger partial charge in [0.15, 0.2) is 0 Å². The predicted octanol–water partition coefficient (Wildman–Crippen LogP) is 15.5. The summed E-state index contributed by atoms with van der Waals surface area (Å²) in [7, 11) is 1.60. The maximum Gasteiger partial charge on any atom is 0.314 e. The van der Waals surface area contributed by atoms with Gasteiger partial charge in [-0.15, -0.1) is 17.0 Å². The van der Waals surface area contributed by atoms with Crippen LogP contribution in [0.5, 0.6) is 0 Å². The summed E-state index contributed by atoms with van der Waals surface area (Å²) in [6, 6.07) is 10.7. The van der Waals surface area contributed by atoms with E-state index in [9.17, 15) is 4.79 Å². The highest BCUT2D eigenvalue weighted by Gasteiger charge is 2.54. The van der Waals surface area contributed by atoms with Gasteiger partial charge in [-0.05, 0) is 24.8 Å². The van der Waals surface area contributed by atoms with Crippen LogP contribution in [0.25, 0.3) is 0 Å². The van der Waals surface area contributed by atoms with Gasteiger partial charge in [0.1, 0.15) is 0 Å². The summed E-state index contributed by atoms with van der Waals surface area (Å²) in [5.41, 5.74) is 7.43. The second kappa shape index (κ2) is 33.9. The van der Waals surface area contributed by atoms with Crippen molar-refractivity contribution in [1.29, 1.82) is 0 Å². The maximum absolute atomic E-state index is 14.2. The van der Waals surface area contributed by atoms with E-state index in [4.69, 9.17) is 10.5 Å². The standard InChI is InChI=1S/C46H85NO2.BrH/c1-5-8-11-14-17-20-23-26-29-35-40-45(44(48)49-4,41-36-30-27-24-21-18-15-12-9-6-2)46(47,43-38-33-32-34-39-43)42-37-31-28-25-22-19-16-13-10-7-3;/h32-34,38-39H,5-31,35-37,40-42,47H2,1-4H3;1H. The zero-order chi connectivity index (χ0) is 35.7. The fourth-order valence-corrected chi connectivity index (χ4v) is 8.27. The Labute approximate surface area is 323 Å². The summed E-state index contributed by atoms with van der Waals surface area (Å²) in [6.45, 7) is 6.86. The van der Waals surface area contributed by atoms with Crippen LogP contribution in [0.15, 0.2) is 30.3 Å². The minimum atomic E-state index is -0.722. The molecular weight excluding hydrogens is 678 g/mol. The van der Waals surface area contributed by atoms with E-state index in [2.05, 4.69) is 51.1 Å². The molecule has 0 saturated carbocycles. The molecule has 3 nitrogen and oxygen atoms in total. The molecule has 1 aromatic rings. The molecule has 50 heavy (non-hydrogen) atoms. The number of rotatable bonds is 36. The van der Waals surface area contributed by atoms with Crippen LogP contribution in [-0.4, -0.2) is 13.1 Å². The topological polar surface area (TPSA) is 52.3 Å². The van der Waals surface area contributed by atoms with Crippen LogP contribution < -0.4 is 5.73 Å². The number of unbranched alkanes of at least 4 members (excludes halogenated alkanes) is 27. The van der Waals surface area contributed by atoms with Gasteiger partial charge in [-0.1, -0.05) is 244 Å². The first kappa shape index (κ1) is 49.1. The summed E-state index contributed by atoms with van der Waals surface area (Å²) in [5.74, 6) is -0.0715. The van der Waals surface area contributed by atoms with Crippen LogP contribution in [0.1, 0.15) is 238 Å². The Morgan fingerprint density at radius 3 is 1.06 bits per heavy atom. The zero-order valence-electron chi connectivity index (χ0n) is 34.0. The van der Waals surface area contributed by atoms with Gasteiger partial charge in [0.05, 0.1) is 18.1 Å². The van der Waals surface area contributed by atoms with Crippen molar-refractivity contribution in [2.75, 3.05) is 7.11 Å². The van der Waals surface area contributed by atoms with E-state index in [-0.39, 0.29) is 23.0 Å². The molecule has 1 atom stereocenters. The number of hydrogen-bond donors (Lipinski definition) is 1. The summed E-state index contributed by atoms with van der Waals surface area (Å²) >= 11 is 0. The molecule has 0 aliphatic heterocycles. The second-order valence-electron chi connectivity index (χ2n) is 15.7. The number of hydrogen-bond acceptors (Lipinski definition) is 3. The summed E-state index contributed by atoms with van der Waals surface area (Å²) in [6.07, 6.45) is 41.4. The molecule has 0 aromatic heterocycles. The van der Waals surface area contributed by atoms with E-state index in [1.165, 1.54) is 173 Å². The minimum absolute atomic E-state index is 0. The first-order valence-corrected chi connectivity index (χ1v) is 21.9. The number of ether oxygens (including phenoxy) is 1. The van der Waals surface area contributed by atoms with Gasteiger partial charge in [0.2, 0.25) is 0 Å². The van der Waals surface area contributed by atoms with E-state index in [1.807, 2.05) is 0 Å². The molecule has 0 saturated heterocycles. The predicted molar refractivity (Wildman–Crippen MR) is 226 cm³/mol. The van der Waals surface area contributed by atoms with Gasteiger partial charge in [0, 0.05) is 0 Å². The van der Waals surface area contributed by atoms with Gasteiger partial charge in [-0.25, -0.2) is 0 Å². The van der Waals surface area contributed by atoms with Crippen molar-refractivity contribution in [3.8, 4) is 0 Å². The third kappa shape index (κ3) is 21.0. The van der Waals surface area contributed by atoms with Gasteiger partial charge in [-0.2, -0.15) is 0 Å². The summed E-state index contributed by atoms with van der Waals surface area (Å²) in [4.78, 5) is 14.2. The molecule has 0 heterocycles. The van der Waals surface area contributed by atoms with Crippen molar-refractivity contribution in [3.05, 3.63) is 35.9 Å². The lowest BCUT2D eigenvalue weighted by Gasteiger charge is -2.47. The molecular formula is C46H86BrNO2. The molecule has 2 N–H and O–H groups in total. The van der Waals surface area contributed by atoms with Crippen LogP contribution >= 0.6 is 17.0 Å². The molecule has 294 valence electrons. The van der Waals surface area contributed by atoms with Crippen molar-refractivity contribution in [1.82, 2.24) is 0 Å². The fourth-order valence-electron chi connectivity index (χ4n) is 8.27. The maximum atomic E-state index is 14.2. The molecule has 0 fully saturated rings. The Balaban J connectivity index is 0.0000240. The van der Waals surface area contributed by atoms with Crippen LogP contribution in [0.4, 0.5) is 0 Å². The Kier molecular flexibility index (Phi) is 33.3. The Morgan fingerprint density at radius 2 is 0.760 bits per heavy atom. The molecule has 1 unspecified atom stereocenters. The van der Waals surface area contributed by atoms with Crippen LogP contribution in [-0.2, 0) is 15.1 Å². The first-order chi connectivity index (χ1) is 24.0. The number of halogens is 1. The highest BCUT2D eigenvalue weighted by Crippen LogP contribution is 2.50. The van der Waals surface area contributed by atoms with E-state index in [0.29, 0.717) is 0 Å². The molecule has 0 aliphatic carbocycles. The third-order valence-corrected chi connectivity index (χ3v) is 11.6. The highest BCUT2D eigenvalue weighted by atomic mass is 79.9. The molecule has 0 spiro atoms. The van der Waals surface area contributed by atoms with Crippen LogP contribution in [0.2, 0.25) is 0 Å². The van der Waals surface area contributed by atoms with Crippen molar-refractivity contribution in [2.45, 2.75) is 238 Å². The SMILES string of the molecule is Br.CCCCCCCCCCCCC(CCCCCCCCCCCC)(C(=O)OC)C(N)(CCCCCCCCCCCC)c1ccccc1. The monoisotopic (exact) mass is 764 g/mol. The van der Waals surface area contributed by atoms with Crippen molar-refractivity contribution in [3.63, 3.8) is 0 Å². The minimum Gasteiger partial charge on any atom is -0.469 e. The molecule has 4 heteroatoms. The van der Waals surface area contributed by atoms with Gasteiger partial charge >= 0.3 is 5.97 Å².